The summed E-state index contributed by atoms with van der Waals surface area (Å²) < 4.78 is 51.1. The van der Waals surface area contributed by atoms with E-state index in [2.05, 4.69) is 4.74 Å². The number of rotatable bonds is 5. The van der Waals surface area contributed by atoms with Gasteiger partial charge in [-0.05, 0) is 42.5 Å². The zero-order chi connectivity index (χ0) is 20.6. The van der Waals surface area contributed by atoms with Crippen LogP contribution in [-0.2, 0) is 16.1 Å². The fourth-order valence-corrected chi connectivity index (χ4v) is 3.25. The van der Waals surface area contributed by atoms with Crippen LogP contribution in [0.5, 0.6) is 17.2 Å². The van der Waals surface area contributed by atoms with Crippen LogP contribution in [0, 0.1) is 0 Å². The van der Waals surface area contributed by atoms with E-state index in [-0.39, 0.29) is 18.9 Å². The van der Waals surface area contributed by atoms with E-state index >= 15 is 0 Å². The Kier molecular flexibility index (Phi) is 4.79. The lowest BCUT2D eigenvalue weighted by atomic mass is 10.1. The molecule has 4 rings (SSSR count). The molecule has 0 spiro atoms. The van der Waals surface area contributed by atoms with Crippen LogP contribution in [0.4, 0.5) is 18.9 Å². The molecular formula is C19H16F3N2O5+. The van der Waals surface area contributed by atoms with E-state index in [1.54, 1.807) is 11.4 Å². The summed E-state index contributed by atoms with van der Waals surface area (Å²) in [6.07, 6.45) is -4.81. The molecule has 2 aliphatic heterocycles. The molecule has 0 radical (unpaired) electrons. The summed E-state index contributed by atoms with van der Waals surface area (Å²) in [7, 11) is 0. The third-order valence-electron chi connectivity index (χ3n) is 4.59. The van der Waals surface area contributed by atoms with Gasteiger partial charge in [0.05, 0.1) is 12.1 Å². The minimum absolute atomic E-state index is 0.00415. The van der Waals surface area contributed by atoms with Crippen LogP contribution in [-0.4, -0.2) is 31.0 Å². The van der Waals surface area contributed by atoms with Gasteiger partial charge in [-0.2, -0.15) is 0 Å². The third kappa shape index (κ3) is 4.11. The van der Waals surface area contributed by atoms with Crippen molar-refractivity contribution in [3.8, 4) is 17.2 Å². The molecule has 2 N–H and O–H groups in total. The summed E-state index contributed by atoms with van der Waals surface area (Å²) in [5, 5.41) is 1.75. The molecule has 0 bridgehead atoms. The summed E-state index contributed by atoms with van der Waals surface area (Å²) in [5.41, 5.74) is 1.11. The number of amides is 2. The van der Waals surface area contributed by atoms with Gasteiger partial charge < -0.3 is 19.5 Å². The largest absolute Gasteiger partial charge is 0.573 e. The fourth-order valence-electron chi connectivity index (χ4n) is 3.25. The number of hydrogen-bond donors (Lipinski definition) is 1. The Balaban J connectivity index is 1.41. The second-order valence-electron chi connectivity index (χ2n) is 6.55. The molecule has 1 atom stereocenters. The quantitative estimate of drug-likeness (QED) is 0.761. The number of ether oxygens (including phenoxy) is 3. The van der Waals surface area contributed by atoms with Crippen LogP contribution in [0.15, 0.2) is 42.5 Å². The minimum atomic E-state index is -4.81. The van der Waals surface area contributed by atoms with Crippen molar-refractivity contribution in [2.45, 2.75) is 25.4 Å². The van der Waals surface area contributed by atoms with Crippen molar-refractivity contribution in [1.29, 1.82) is 0 Å². The second-order valence-corrected chi connectivity index (χ2v) is 6.55. The number of halogens is 3. The standard InChI is InChI=1S/C19H15F3N2O5/c20-19(21,22)29-13-4-2-12(3-5-13)24-17(25)8-14(18(24)26)23-9-11-1-6-15-16(7-11)28-10-27-15/h1-7,14,23H,8-10H2/p+1/t14-/m1/s1. The highest BCUT2D eigenvalue weighted by Crippen LogP contribution is 2.32. The number of anilines is 1. The molecule has 7 nitrogen and oxygen atoms in total. The Morgan fingerprint density at radius 1 is 1.07 bits per heavy atom. The Bertz CT molecular complexity index is 946. The van der Waals surface area contributed by atoms with Crippen LogP contribution in [0.2, 0.25) is 0 Å². The number of fused-ring (bicyclic) bond motifs is 1. The molecule has 2 heterocycles. The molecule has 1 fully saturated rings. The Labute approximate surface area is 163 Å². The van der Waals surface area contributed by atoms with E-state index in [1.165, 1.54) is 12.1 Å². The average molecular weight is 409 g/mol. The number of benzene rings is 2. The summed E-state index contributed by atoms with van der Waals surface area (Å²) in [6.45, 7) is 0.617. The lowest BCUT2D eigenvalue weighted by Gasteiger charge is -2.15. The van der Waals surface area contributed by atoms with Gasteiger partial charge in [0.15, 0.2) is 17.5 Å². The van der Waals surface area contributed by atoms with E-state index in [0.29, 0.717) is 18.0 Å². The lowest BCUT2D eigenvalue weighted by Crippen LogP contribution is -2.90. The van der Waals surface area contributed by atoms with E-state index in [9.17, 15) is 22.8 Å². The highest BCUT2D eigenvalue weighted by Gasteiger charge is 2.42. The third-order valence-corrected chi connectivity index (χ3v) is 4.59. The van der Waals surface area contributed by atoms with Crippen molar-refractivity contribution in [1.82, 2.24) is 0 Å². The number of nitrogens with two attached hydrogens (primary N) is 1. The van der Waals surface area contributed by atoms with Gasteiger partial charge in [0.25, 0.3) is 5.91 Å². The molecule has 0 unspecified atom stereocenters. The van der Waals surface area contributed by atoms with Gasteiger partial charge in [0.2, 0.25) is 12.7 Å². The summed E-state index contributed by atoms with van der Waals surface area (Å²) >= 11 is 0. The minimum Gasteiger partial charge on any atom is -0.454 e. The van der Waals surface area contributed by atoms with Gasteiger partial charge in [-0.25, -0.2) is 4.90 Å². The molecule has 2 aliphatic rings. The zero-order valence-corrected chi connectivity index (χ0v) is 14.9. The van der Waals surface area contributed by atoms with Crippen LogP contribution in [0.3, 0.4) is 0 Å². The van der Waals surface area contributed by atoms with Crippen molar-refractivity contribution in [2.24, 2.45) is 0 Å². The molecule has 10 heteroatoms. The maximum absolute atomic E-state index is 12.7. The number of imide groups is 1. The Morgan fingerprint density at radius 2 is 1.79 bits per heavy atom. The molecule has 2 aromatic rings. The smallest absolute Gasteiger partial charge is 0.454 e. The number of carbonyl (C=O) groups excluding carboxylic acids is 2. The summed E-state index contributed by atoms with van der Waals surface area (Å²) in [4.78, 5) is 26.0. The van der Waals surface area contributed by atoms with Gasteiger partial charge >= 0.3 is 6.36 Å². The summed E-state index contributed by atoms with van der Waals surface area (Å²) in [5.74, 6) is 0.0374. The zero-order valence-electron chi connectivity index (χ0n) is 14.9. The predicted octanol–water partition coefficient (Wildman–Crippen LogP) is 1.71. The number of quaternary nitrogens is 1. The van der Waals surface area contributed by atoms with Gasteiger partial charge in [0.1, 0.15) is 12.3 Å². The molecule has 0 aliphatic carbocycles. The van der Waals surface area contributed by atoms with Gasteiger partial charge in [0, 0.05) is 5.56 Å². The first-order chi connectivity index (χ1) is 13.8. The van der Waals surface area contributed by atoms with Crippen molar-refractivity contribution in [2.75, 3.05) is 11.7 Å². The number of nitrogens with zero attached hydrogens (tertiary/aromatic N) is 1. The molecule has 1 saturated heterocycles. The first kappa shape index (κ1) is 19.1. The van der Waals surface area contributed by atoms with E-state index in [1.807, 2.05) is 12.1 Å². The Morgan fingerprint density at radius 3 is 2.52 bits per heavy atom. The highest BCUT2D eigenvalue weighted by atomic mass is 19.4. The molecule has 152 valence electrons. The topological polar surface area (TPSA) is 81.7 Å². The van der Waals surface area contributed by atoms with E-state index < -0.39 is 30.0 Å². The predicted molar refractivity (Wildman–Crippen MR) is 92.2 cm³/mol. The van der Waals surface area contributed by atoms with Crippen molar-refractivity contribution in [3.05, 3.63) is 48.0 Å². The molecule has 0 aromatic heterocycles. The van der Waals surface area contributed by atoms with Gasteiger partial charge in [-0.1, -0.05) is 0 Å². The van der Waals surface area contributed by atoms with Crippen LogP contribution < -0.4 is 24.4 Å². The van der Waals surface area contributed by atoms with Crippen molar-refractivity contribution >= 4 is 17.5 Å². The average Bonchev–Trinajstić information content (AvgIpc) is 3.23. The van der Waals surface area contributed by atoms with Gasteiger partial charge in [-0.15, -0.1) is 13.2 Å². The van der Waals surface area contributed by atoms with Crippen molar-refractivity contribution < 1.29 is 42.3 Å². The molecule has 2 amide bonds. The monoisotopic (exact) mass is 409 g/mol. The Hall–Kier alpha value is -3.27. The number of hydrogen-bond acceptors (Lipinski definition) is 5. The molecule has 29 heavy (non-hydrogen) atoms. The lowest BCUT2D eigenvalue weighted by molar-refractivity contribution is -0.690. The highest BCUT2D eigenvalue weighted by molar-refractivity contribution is 6.21. The first-order valence-corrected chi connectivity index (χ1v) is 8.74. The number of carbonyl (C=O) groups is 2. The fraction of sp³-hybridized carbons (Fsp3) is 0.263. The summed E-state index contributed by atoms with van der Waals surface area (Å²) in [6, 6.07) is 9.46. The number of alkyl halides is 3. The van der Waals surface area contributed by atoms with E-state index in [4.69, 9.17) is 9.47 Å². The van der Waals surface area contributed by atoms with Gasteiger partial charge in [-0.3, -0.25) is 9.59 Å². The second kappa shape index (κ2) is 7.28. The molecule has 2 aromatic carbocycles. The van der Waals surface area contributed by atoms with Crippen LogP contribution in [0.1, 0.15) is 12.0 Å². The normalized spacial score (nSPS) is 18.4. The molecular weight excluding hydrogens is 393 g/mol. The van der Waals surface area contributed by atoms with E-state index in [0.717, 1.165) is 22.6 Å². The molecule has 0 saturated carbocycles. The SMILES string of the molecule is O=C1C[C@@H]([NH2+]Cc2ccc3c(c2)OCO3)C(=O)N1c1ccc(OC(F)(F)F)cc1. The maximum atomic E-state index is 12.7. The maximum Gasteiger partial charge on any atom is 0.573 e. The van der Waals surface area contributed by atoms with Crippen LogP contribution in [0.25, 0.3) is 0 Å². The van der Waals surface area contributed by atoms with Crippen LogP contribution >= 0.6 is 0 Å². The van der Waals surface area contributed by atoms with Crippen molar-refractivity contribution in [3.63, 3.8) is 0 Å². The first-order valence-electron chi connectivity index (χ1n) is 8.74.